The quantitative estimate of drug-likeness (QED) is 0.567. The van der Waals surface area contributed by atoms with Crippen LogP contribution in [0.1, 0.15) is 29.2 Å². The Morgan fingerprint density at radius 1 is 1.07 bits per heavy atom. The summed E-state index contributed by atoms with van der Waals surface area (Å²) in [4.78, 5) is 26.2. The first-order valence-electron chi connectivity index (χ1n) is 9.15. The van der Waals surface area contributed by atoms with Crippen LogP contribution in [0.3, 0.4) is 0 Å². The third-order valence-corrected chi connectivity index (χ3v) is 4.73. The summed E-state index contributed by atoms with van der Waals surface area (Å²) in [7, 11) is 0. The number of benzene rings is 2. The van der Waals surface area contributed by atoms with Crippen LogP contribution in [0.4, 0.5) is 13.2 Å². The van der Waals surface area contributed by atoms with Crippen molar-refractivity contribution in [1.82, 2.24) is 4.90 Å². The minimum Gasteiger partial charge on any atom is -0.449 e. The van der Waals surface area contributed by atoms with E-state index in [1.54, 1.807) is 4.90 Å². The van der Waals surface area contributed by atoms with Gasteiger partial charge in [0.15, 0.2) is 6.10 Å². The minimum atomic E-state index is -4.41. The van der Waals surface area contributed by atoms with Crippen molar-refractivity contribution in [3.8, 4) is 0 Å². The second-order valence-electron chi connectivity index (χ2n) is 6.81. The Morgan fingerprint density at radius 2 is 1.72 bits per heavy atom. The molecule has 29 heavy (non-hydrogen) atoms. The van der Waals surface area contributed by atoms with Crippen LogP contribution in [-0.2, 0) is 33.5 Å². The monoisotopic (exact) mass is 403 g/mol. The molecular formula is C22H20F3NO3. The predicted molar refractivity (Wildman–Crippen MR) is 102 cm³/mol. The molecule has 1 atom stereocenters. The molecule has 0 aliphatic carbocycles. The Labute approximate surface area is 166 Å². The molecule has 1 amide bonds. The van der Waals surface area contributed by atoms with E-state index in [1.165, 1.54) is 30.7 Å². The number of carbonyl (C=O) groups is 2. The smallest absolute Gasteiger partial charge is 0.416 e. The number of carbonyl (C=O) groups excluding carboxylic acids is 2. The van der Waals surface area contributed by atoms with Gasteiger partial charge in [-0.05, 0) is 48.2 Å². The van der Waals surface area contributed by atoms with Gasteiger partial charge >= 0.3 is 12.1 Å². The molecule has 0 fully saturated rings. The van der Waals surface area contributed by atoms with E-state index in [9.17, 15) is 22.8 Å². The summed E-state index contributed by atoms with van der Waals surface area (Å²) in [6.07, 6.45) is -2.18. The molecule has 0 spiro atoms. The van der Waals surface area contributed by atoms with Crippen molar-refractivity contribution < 1.29 is 27.5 Å². The molecule has 3 rings (SSSR count). The van der Waals surface area contributed by atoms with E-state index >= 15 is 0 Å². The first-order chi connectivity index (χ1) is 13.7. The zero-order chi connectivity index (χ0) is 21.0. The Hall–Kier alpha value is -3.09. The highest BCUT2D eigenvalue weighted by Crippen LogP contribution is 2.29. The van der Waals surface area contributed by atoms with Gasteiger partial charge in [0, 0.05) is 19.2 Å². The lowest BCUT2D eigenvalue weighted by atomic mass is 9.99. The third kappa shape index (κ3) is 5.25. The van der Waals surface area contributed by atoms with Crippen LogP contribution < -0.4 is 0 Å². The van der Waals surface area contributed by atoms with Crippen LogP contribution in [0.2, 0.25) is 0 Å². The summed E-state index contributed by atoms with van der Waals surface area (Å²) in [6, 6.07) is 12.3. The van der Waals surface area contributed by atoms with Gasteiger partial charge in [-0.15, -0.1) is 0 Å². The van der Waals surface area contributed by atoms with Crippen LogP contribution >= 0.6 is 0 Å². The maximum Gasteiger partial charge on any atom is 0.416 e. The molecule has 0 bridgehead atoms. The highest BCUT2D eigenvalue weighted by Gasteiger charge is 2.30. The fraction of sp³-hybridized carbons (Fsp3) is 0.273. The standard InChI is InChI=1S/C22H20F3NO3/c1-15(21(28)26-13-12-17-4-2-3-5-18(17)14-26)29-20(27)11-8-16-6-9-19(10-7-16)22(23,24)25/h2-11,15H,12-14H2,1H3/b11-8+/t15-/m0/s1. The van der Waals surface area contributed by atoms with Gasteiger partial charge in [-0.1, -0.05) is 36.4 Å². The van der Waals surface area contributed by atoms with E-state index in [1.807, 2.05) is 24.3 Å². The number of ether oxygens (including phenoxy) is 1. The van der Waals surface area contributed by atoms with Crippen LogP contribution in [0.25, 0.3) is 6.08 Å². The SMILES string of the molecule is C[C@H](OC(=O)/C=C/c1ccc(C(F)(F)F)cc1)C(=O)N1CCc2ccccc2C1. The molecule has 0 radical (unpaired) electrons. The summed E-state index contributed by atoms with van der Waals surface area (Å²) in [5, 5.41) is 0. The van der Waals surface area contributed by atoms with Gasteiger partial charge in [0.1, 0.15) is 0 Å². The number of hydrogen-bond acceptors (Lipinski definition) is 3. The molecule has 1 aliphatic heterocycles. The Bertz CT molecular complexity index is 920. The van der Waals surface area contributed by atoms with Crippen LogP contribution in [0, 0.1) is 0 Å². The van der Waals surface area contributed by atoms with Crippen molar-refractivity contribution in [1.29, 1.82) is 0 Å². The molecule has 0 N–H and O–H groups in total. The zero-order valence-electron chi connectivity index (χ0n) is 15.8. The summed E-state index contributed by atoms with van der Waals surface area (Å²) >= 11 is 0. The molecule has 0 unspecified atom stereocenters. The molecule has 0 aromatic heterocycles. The normalized spacial score (nSPS) is 15.1. The number of alkyl halides is 3. The number of amides is 1. The molecule has 0 saturated carbocycles. The van der Waals surface area contributed by atoms with Crippen LogP contribution in [0.15, 0.2) is 54.6 Å². The number of rotatable bonds is 4. The number of halogens is 3. The molecule has 2 aromatic carbocycles. The van der Waals surface area contributed by atoms with Crippen molar-refractivity contribution in [2.75, 3.05) is 6.54 Å². The fourth-order valence-corrected chi connectivity index (χ4v) is 3.15. The number of hydrogen-bond donors (Lipinski definition) is 0. The van der Waals surface area contributed by atoms with E-state index in [4.69, 9.17) is 4.74 Å². The van der Waals surface area contributed by atoms with E-state index in [0.717, 1.165) is 30.2 Å². The van der Waals surface area contributed by atoms with Crippen LogP contribution in [-0.4, -0.2) is 29.4 Å². The average Bonchev–Trinajstić information content (AvgIpc) is 2.71. The first-order valence-corrected chi connectivity index (χ1v) is 9.15. The van der Waals surface area contributed by atoms with Gasteiger partial charge in [0.25, 0.3) is 5.91 Å². The molecule has 1 aliphatic rings. The molecule has 1 heterocycles. The lowest BCUT2D eigenvalue weighted by molar-refractivity contribution is -0.155. The summed E-state index contributed by atoms with van der Waals surface area (Å²) in [6.45, 7) is 2.53. The maximum absolute atomic E-state index is 12.6. The number of esters is 1. The number of nitrogens with zero attached hydrogens (tertiary/aromatic N) is 1. The topological polar surface area (TPSA) is 46.6 Å². The number of fused-ring (bicyclic) bond motifs is 1. The lowest BCUT2D eigenvalue weighted by Crippen LogP contribution is -2.42. The average molecular weight is 403 g/mol. The van der Waals surface area contributed by atoms with E-state index in [-0.39, 0.29) is 5.91 Å². The molecule has 152 valence electrons. The van der Waals surface area contributed by atoms with Gasteiger partial charge in [0.05, 0.1) is 5.56 Å². The Balaban J connectivity index is 1.55. The molecule has 2 aromatic rings. The van der Waals surface area contributed by atoms with E-state index in [0.29, 0.717) is 18.7 Å². The zero-order valence-corrected chi connectivity index (χ0v) is 15.8. The van der Waals surface area contributed by atoms with Gasteiger partial charge in [-0.3, -0.25) is 4.79 Å². The van der Waals surface area contributed by atoms with E-state index in [2.05, 4.69) is 0 Å². The van der Waals surface area contributed by atoms with Gasteiger partial charge in [0.2, 0.25) is 0 Å². The maximum atomic E-state index is 12.6. The first kappa shape index (κ1) is 20.6. The van der Waals surface area contributed by atoms with Crippen molar-refractivity contribution in [2.24, 2.45) is 0 Å². The van der Waals surface area contributed by atoms with Gasteiger partial charge < -0.3 is 9.64 Å². The lowest BCUT2D eigenvalue weighted by Gasteiger charge is -2.30. The second-order valence-corrected chi connectivity index (χ2v) is 6.81. The summed E-state index contributed by atoms with van der Waals surface area (Å²) in [5.41, 5.74) is 1.94. The third-order valence-electron chi connectivity index (χ3n) is 4.73. The van der Waals surface area contributed by atoms with Crippen LogP contribution in [0.5, 0.6) is 0 Å². The minimum absolute atomic E-state index is 0.282. The highest BCUT2D eigenvalue weighted by atomic mass is 19.4. The Kier molecular flexibility index (Phi) is 6.06. The molecule has 7 heteroatoms. The van der Waals surface area contributed by atoms with Crippen molar-refractivity contribution in [3.05, 3.63) is 76.9 Å². The largest absolute Gasteiger partial charge is 0.449 e. The highest BCUT2D eigenvalue weighted by molar-refractivity contribution is 5.90. The Morgan fingerprint density at radius 3 is 2.38 bits per heavy atom. The molecule has 4 nitrogen and oxygen atoms in total. The molecule has 0 saturated heterocycles. The van der Waals surface area contributed by atoms with Crippen molar-refractivity contribution in [3.63, 3.8) is 0 Å². The fourth-order valence-electron chi connectivity index (χ4n) is 3.15. The molecular weight excluding hydrogens is 383 g/mol. The van der Waals surface area contributed by atoms with Gasteiger partial charge in [-0.25, -0.2) is 4.79 Å². The summed E-state index contributed by atoms with van der Waals surface area (Å²) < 4.78 is 42.8. The summed E-state index contributed by atoms with van der Waals surface area (Å²) in [5.74, 6) is -1.01. The van der Waals surface area contributed by atoms with Gasteiger partial charge in [-0.2, -0.15) is 13.2 Å². The van der Waals surface area contributed by atoms with Crippen molar-refractivity contribution >= 4 is 18.0 Å². The second kappa shape index (κ2) is 8.51. The van der Waals surface area contributed by atoms with E-state index < -0.39 is 23.8 Å². The predicted octanol–water partition coefficient (Wildman–Crippen LogP) is 4.24. The van der Waals surface area contributed by atoms with Crippen molar-refractivity contribution in [2.45, 2.75) is 32.2 Å².